The first-order valence-corrected chi connectivity index (χ1v) is 13.2. The first kappa shape index (κ1) is 27.0. The Kier molecular flexibility index (Phi) is 10.0. The van der Waals surface area contributed by atoms with Gasteiger partial charge in [-0.25, -0.2) is 8.42 Å². The van der Waals surface area contributed by atoms with Crippen molar-refractivity contribution in [3.05, 3.63) is 64.1 Å². The lowest BCUT2D eigenvalue weighted by Crippen LogP contribution is -2.47. The molecular formula is C23H29Cl2N3O4S. The number of benzene rings is 2. The molecule has 0 saturated carbocycles. The van der Waals surface area contributed by atoms with Gasteiger partial charge in [-0.05, 0) is 50.1 Å². The summed E-state index contributed by atoms with van der Waals surface area (Å²) < 4.78 is 25.8. The monoisotopic (exact) mass is 513 g/mol. The second-order valence-electron chi connectivity index (χ2n) is 7.60. The summed E-state index contributed by atoms with van der Waals surface area (Å²) in [6.07, 6.45) is 1.48. The van der Waals surface area contributed by atoms with Gasteiger partial charge < -0.3 is 10.2 Å². The lowest BCUT2D eigenvalue weighted by Gasteiger charge is -2.29. The number of carbonyl (C=O) groups is 2. The SMILES string of the molecule is CCNC(=O)C(C)N(Cc1ccc(Cl)cc1Cl)C(=O)CCCN(c1ccccc1)S(C)(=O)=O. The van der Waals surface area contributed by atoms with Crippen LogP contribution in [0.2, 0.25) is 10.0 Å². The molecule has 10 heteroatoms. The highest BCUT2D eigenvalue weighted by Gasteiger charge is 2.27. The summed E-state index contributed by atoms with van der Waals surface area (Å²) in [5.74, 6) is -0.556. The molecule has 0 bridgehead atoms. The average molecular weight is 514 g/mol. The van der Waals surface area contributed by atoms with Crippen LogP contribution in [0, 0.1) is 0 Å². The number of hydrogen-bond donors (Lipinski definition) is 1. The van der Waals surface area contributed by atoms with Gasteiger partial charge in [-0.1, -0.05) is 47.5 Å². The van der Waals surface area contributed by atoms with Gasteiger partial charge in [-0.2, -0.15) is 0 Å². The predicted molar refractivity (Wildman–Crippen MR) is 133 cm³/mol. The molecule has 0 heterocycles. The standard InChI is InChI=1S/C23H29Cl2N3O4S/c1-4-26-23(30)17(2)27(16-18-12-13-19(24)15-21(18)25)22(29)11-8-14-28(33(3,31)32)20-9-6-5-7-10-20/h5-7,9-10,12-13,15,17H,4,8,11,14,16H2,1-3H3,(H,26,30). The van der Waals surface area contributed by atoms with Gasteiger partial charge in [0.15, 0.2) is 0 Å². The van der Waals surface area contributed by atoms with E-state index in [1.165, 1.54) is 9.21 Å². The molecule has 0 aromatic heterocycles. The molecule has 1 atom stereocenters. The average Bonchev–Trinajstić information content (AvgIpc) is 2.75. The lowest BCUT2D eigenvalue weighted by molar-refractivity contribution is -0.140. The number of amides is 2. The Morgan fingerprint density at radius 3 is 2.33 bits per heavy atom. The second kappa shape index (κ2) is 12.3. The molecule has 7 nitrogen and oxygen atoms in total. The molecule has 0 spiro atoms. The molecule has 33 heavy (non-hydrogen) atoms. The Labute approximate surface area is 205 Å². The largest absolute Gasteiger partial charge is 0.355 e. The van der Waals surface area contributed by atoms with Gasteiger partial charge >= 0.3 is 0 Å². The summed E-state index contributed by atoms with van der Waals surface area (Å²) in [6.45, 7) is 4.16. The summed E-state index contributed by atoms with van der Waals surface area (Å²) in [4.78, 5) is 27.1. The van der Waals surface area contributed by atoms with E-state index in [4.69, 9.17) is 23.2 Å². The van der Waals surface area contributed by atoms with Crippen molar-refractivity contribution in [1.29, 1.82) is 0 Å². The topological polar surface area (TPSA) is 86.8 Å². The lowest BCUT2D eigenvalue weighted by atomic mass is 10.1. The van der Waals surface area contributed by atoms with E-state index < -0.39 is 16.1 Å². The highest BCUT2D eigenvalue weighted by Crippen LogP contribution is 2.24. The minimum atomic E-state index is -3.52. The van der Waals surface area contributed by atoms with Crippen LogP contribution < -0.4 is 9.62 Å². The number of nitrogens with one attached hydrogen (secondary N) is 1. The fourth-order valence-electron chi connectivity index (χ4n) is 3.34. The number of sulfonamides is 1. The first-order chi connectivity index (χ1) is 15.5. The highest BCUT2D eigenvalue weighted by molar-refractivity contribution is 7.92. The quantitative estimate of drug-likeness (QED) is 0.490. The Hall–Kier alpha value is -2.29. The van der Waals surface area contributed by atoms with Gasteiger partial charge in [0, 0.05) is 36.1 Å². The van der Waals surface area contributed by atoms with Crippen molar-refractivity contribution >= 4 is 50.7 Å². The number of nitrogens with zero attached hydrogens (tertiary/aromatic N) is 2. The van der Waals surface area contributed by atoms with Crippen LogP contribution in [0.15, 0.2) is 48.5 Å². The van der Waals surface area contributed by atoms with Crippen LogP contribution in [0.3, 0.4) is 0 Å². The molecule has 2 amide bonds. The van der Waals surface area contributed by atoms with E-state index in [1.807, 2.05) is 0 Å². The molecule has 2 aromatic rings. The molecule has 1 N–H and O–H groups in total. The van der Waals surface area contributed by atoms with E-state index in [9.17, 15) is 18.0 Å². The molecule has 2 aromatic carbocycles. The van der Waals surface area contributed by atoms with Crippen molar-refractivity contribution in [2.45, 2.75) is 39.3 Å². The number of rotatable bonds is 11. The van der Waals surface area contributed by atoms with Gasteiger partial charge in [0.1, 0.15) is 6.04 Å². The van der Waals surface area contributed by atoms with E-state index in [-0.39, 0.29) is 37.7 Å². The van der Waals surface area contributed by atoms with Gasteiger partial charge in [-0.15, -0.1) is 0 Å². The Morgan fingerprint density at radius 2 is 1.76 bits per heavy atom. The van der Waals surface area contributed by atoms with E-state index in [2.05, 4.69) is 5.32 Å². The number of carbonyl (C=O) groups excluding carboxylic acids is 2. The van der Waals surface area contributed by atoms with Crippen LogP contribution >= 0.6 is 23.2 Å². The second-order valence-corrected chi connectivity index (χ2v) is 10.4. The molecule has 0 fully saturated rings. The van der Waals surface area contributed by atoms with Crippen LogP contribution in [0.1, 0.15) is 32.3 Å². The Morgan fingerprint density at radius 1 is 1.09 bits per heavy atom. The molecule has 1 unspecified atom stereocenters. The maximum Gasteiger partial charge on any atom is 0.242 e. The maximum absolute atomic E-state index is 13.2. The Balaban J connectivity index is 2.17. The molecule has 180 valence electrons. The zero-order valence-electron chi connectivity index (χ0n) is 18.9. The van der Waals surface area contributed by atoms with E-state index in [0.29, 0.717) is 27.8 Å². The van der Waals surface area contributed by atoms with Crippen molar-refractivity contribution in [3.8, 4) is 0 Å². The fourth-order valence-corrected chi connectivity index (χ4v) is 4.77. The molecule has 0 saturated heterocycles. The number of hydrogen-bond acceptors (Lipinski definition) is 4. The number of likely N-dealkylation sites (N-methyl/N-ethyl adjacent to an activating group) is 1. The third-order valence-corrected chi connectivity index (χ3v) is 6.85. The minimum Gasteiger partial charge on any atom is -0.355 e. The zero-order chi connectivity index (χ0) is 24.6. The van der Waals surface area contributed by atoms with Crippen molar-refractivity contribution in [2.75, 3.05) is 23.7 Å². The molecule has 0 aliphatic rings. The summed E-state index contributed by atoms with van der Waals surface area (Å²) in [5.41, 5.74) is 1.19. The Bertz CT molecular complexity index is 1060. The first-order valence-electron chi connectivity index (χ1n) is 10.6. The summed E-state index contributed by atoms with van der Waals surface area (Å²) >= 11 is 12.3. The van der Waals surface area contributed by atoms with Crippen molar-refractivity contribution < 1.29 is 18.0 Å². The van der Waals surface area contributed by atoms with E-state index >= 15 is 0 Å². The van der Waals surface area contributed by atoms with Crippen LogP contribution in [-0.4, -0.2) is 50.5 Å². The van der Waals surface area contributed by atoms with Crippen LogP contribution in [0.4, 0.5) is 5.69 Å². The smallest absolute Gasteiger partial charge is 0.242 e. The van der Waals surface area contributed by atoms with E-state index in [0.717, 1.165) is 6.26 Å². The molecule has 0 aliphatic carbocycles. The predicted octanol–water partition coefficient (Wildman–Crippen LogP) is 4.09. The summed E-state index contributed by atoms with van der Waals surface area (Å²) in [6, 6.07) is 13.0. The van der Waals surface area contributed by atoms with Gasteiger partial charge in [0.25, 0.3) is 0 Å². The van der Waals surface area contributed by atoms with Crippen LogP contribution in [0.5, 0.6) is 0 Å². The molecule has 0 aliphatic heterocycles. The molecule has 2 rings (SSSR count). The van der Waals surface area contributed by atoms with Crippen molar-refractivity contribution in [1.82, 2.24) is 10.2 Å². The van der Waals surface area contributed by atoms with Crippen molar-refractivity contribution in [3.63, 3.8) is 0 Å². The minimum absolute atomic E-state index is 0.0633. The number of anilines is 1. The van der Waals surface area contributed by atoms with Gasteiger partial charge in [0.2, 0.25) is 21.8 Å². The van der Waals surface area contributed by atoms with E-state index in [1.54, 1.807) is 62.4 Å². The van der Waals surface area contributed by atoms with Crippen molar-refractivity contribution in [2.24, 2.45) is 0 Å². The zero-order valence-corrected chi connectivity index (χ0v) is 21.3. The maximum atomic E-state index is 13.2. The summed E-state index contributed by atoms with van der Waals surface area (Å²) in [7, 11) is -3.52. The normalized spacial score (nSPS) is 12.2. The van der Waals surface area contributed by atoms with Gasteiger partial charge in [-0.3, -0.25) is 13.9 Å². The highest BCUT2D eigenvalue weighted by atomic mass is 35.5. The van der Waals surface area contributed by atoms with Crippen LogP contribution in [-0.2, 0) is 26.2 Å². The van der Waals surface area contributed by atoms with Gasteiger partial charge in [0.05, 0.1) is 11.9 Å². The fraction of sp³-hybridized carbons (Fsp3) is 0.391. The molecule has 0 radical (unpaired) electrons. The third-order valence-electron chi connectivity index (χ3n) is 5.07. The number of para-hydroxylation sites is 1. The summed E-state index contributed by atoms with van der Waals surface area (Å²) in [5, 5.41) is 3.60. The third kappa shape index (κ3) is 7.91. The van der Waals surface area contributed by atoms with Crippen LogP contribution in [0.25, 0.3) is 0 Å². The number of halogens is 2. The molecular weight excluding hydrogens is 485 g/mol.